The average Bonchev–Trinajstić information content (AvgIpc) is 3.13. The molecule has 0 bridgehead atoms. The number of carbonyl (C=O) groups is 1. The van der Waals surface area contributed by atoms with Gasteiger partial charge in [-0.2, -0.15) is 5.26 Å². The lowest BCUT2D eigenvalue weighted by Crippen LogP contribution is -2.43. The molecule has 0 saturated heterocycles. The molecule has 0 amide bonds. The molecular weight excluding hydrogens is 422 g/mol. The zero-order chi connectivity index (χ0) is 24.1. The van der Waals surface area contributed by atoms with Crippen LogP contribution in [0.25, 0.3) is 10.9 Å². The molecule has 0 saturated carbocycles. The number of para-hydroxylation sites is 1. The lowest BCUT2D eigenvalue weighted by atomic mass is 9.87. The summed E-state index contributed by atoms with van der Waals surface area (Å²) in [5.41, 5.74) is 5.75. The van der Waals surface area contributed by atoms with E-state index in [1.807, 2.05) is 19.9 Å². The van der Waals surface area contributed by atoms with E-state index in [2.05, 4.69) is 77.2 Å². The largest absolute Gasteiger partial charge is 0.463 e. The normalized spacial score (nSPS) is 18.5. The number of aryl methyl sites for hydroxylation is 1. The van der Waals surface area contributed by atoms with E-state index >= 15 is 0 Å². The van der Waals surface area contributed by atoms with Crippen molar-refractivity contribution in [1.29, 1.82) is 5.26 Å². The third-order valence-corrected chi connectivity index (χ3v) is 6.93. The number of fused-ring (bicyclic) bond motifs is 3. The van der Waals surface area contributed by atoms with Crippen molar-refractivity contribution in [3.8, 4) is 6.07 Å². The minimum atomic E-state index is -0.235. The van der Waals surface area contributed by atoms with Gasteiger partial charge in [-0.05, 0) is 43.4 Å². The Labute approximate surface area is 202 Å². The Hall–Kier alpha value is -3.36. The van der Waals surface area contributed by atoms with E-state index in [1.54, 1.807) is 0 Å². The molecule has 34 heavy (non-hydrogen) atoms. The van der Waals surface area contributed by atoms with Gasteiger partial charge in [0, 0.05) is 41.8 Å². The van der Waals surface area contributed by atoms with E-state index in [-0.39, 0.29) is 18.1 Å². The molecular formula is C29H33N3O2. The zero-order valence-corrected chi connectivity index (χ0v) is 20.3. The van der Waals surface area contributed by atoms with Crippen LogP contribution in [0.15, 0.2) is 66.2 Å². The minimum Gasteiger partial charge on any atom is -0.463 e. The van der Waals surface area contributed by atoms with Gasteiger partial charge in [0.1, 0.15) is 0 Å². The van der Waals surface area contributed by atoms with Crippen LogP contribution in [0.5, 0.6) is 0 Å². The first kappa shape index (κ1) is 23.8. The second kappa shape index (κ2) is 10.7. The molecule has 1 aliphatic rings. The summed E-state index contributed by atoms with van der Waals surface area (Å²) in [5, 5.41) is 10.9. The number of ether oxygens (including phenoxy) is 1. The van der Waals surface area contributed by atoms with Crippen LogP contribution >= 0.6 is 0 Å². The fraction of sp³-hybridized carbons (Fsp3) is 0.379. The van der Waals surface area contributed by atoms with Gasteiger partial charge in [-0.1, -0.05) is 61.5 Å². The highest BCUT2D eigenvalue weighted by Crippen LogP contribution is 2.42. The summed E-state index contributed by atoms with van der Waals surface area (Å²) >= 11 is 0. The van der Waals surface area contributed by atoms with Gasteiger partial charge in [-0.15, -0.1) is 0 Å². The molecule has 4 rings (SSSR count). The Balaban J connectivity index is 1.82. The standard InChI is InChI=1S/C29H33N3O2/c1-4-22(29(33)34-5-2)15-16-27-28-25(24-13-9-10-14-26(24)31(28)3)19-23(17-18-30)32(27)20-21-11-7-6-8-12-21/h6-15,23,27H,4-5,16-17,19-20H2,1-3H3/b22-15+/t23-,27+/m1/s1. The lowest BCUT2D eigenvalue weighted by Gasteiger charge is -2.42. The van der Waals surface area contributed by atoms with Gasteiger partial charge in [-0.25, -0.2) is 4.79 Å². The average molecular weight is 456 g/mol. The molecule has 5 heteroatoms. The molecule has 0 spiro atoms. The quantitative estimate of drug-likeness (QED) is 0.316. The highest BCUT2D eigenvalue weighted by atomic mass is 16.5. The maximum Gasteiger partial charge on any atom is 0.333 e. The summed E-state index contributed by atoms with van der Waals surface area (Å²) < 4.78 is 7.59. The van der Waals surface area contributed by atoms with Gasteiger partial charge in [-0.3, -0.25) is 4.90 Å². The number of hydrogen-bond acceptors (Lipinski definition) is 4. The number of aromatic nitrogens is 1. The number of hydrogen-bond donors (Lipinski definition) is 0. The molecule has 0 aliphatic carbocycles. The molecule has 5 nitrogen and oxygen atoms in total. The highest BCUT2D eigenvalue weighted by Gasteiger charge is 2.37. The first-order chi connectivity index (χ1) is 16.6. The molecule has 1 aliphatic heterocycles. The fourth-order valence-electron chi connectivity index (χ4n) is 5.32. The second-order valence-electron chi connectivity index (χ2n) is 8.87. The van der Waals surface area contributed by atoms with Crippen molar-refractivity contribution < 1.29 is 9.53 Å². The van der Waals surface area contributed by atoms with E-state index in [0.29, 0.717) is 31.4 Å². The molecule has 2 atom stereocenters. The summed E-state index contributed by atoms with van der Waals surface area (Å²) in [4.78, 5) is 15.0. The molecule has 0 N–H and O–H groups in total. The van der Waals surface area contributed by atoms with Gasteiger partial charge in [0.15, 0.2) is 0 Å². The van der Waals surface area contributed by atoms with Gasteiger partial charge < -0.3 is 9.30 Å². The Bertz CT molecular complexity index is 1220. The first-order valence-electron chi connectivity index (χ1n) is 12.2. The number of benzene rings is 2. The van der Waals surface area contributed by atoms with E-state index < -0.39 is 0 Å². The predicted octanol–water partition coefficient (Wildman–Crippen LogP) is 5.85. The van der Waals surface area contributed by atoms with Crippen molar-refractivity contribution in [3.63, 3.8) is 0 Å². The van der Waals surface area contributed by atoms with Crippen molar-refractivity contribution in [2.75, 3.05) is 6.61 Å². The van der Waals surface area contributed by atoms with Crippen LogP contribution in [-0.4, -0.2) is 28.1 Å². The summed E-state index contributed by atoms with van der Waals surface area (Å²) in [6, 6.07) is 21.5. The minimum absolute atomic E-state index is 0.0516. The number of esters is 1. The predicted molar refractivity (Wildman–Crippen MR) is 135 cm³/mol. The fourth-order valence-corrected chi connectivity index (χ4v) is 5.32. The van der Waals surface area contributed by atoms with Gasteiger partial charge in [0.05, 0.1) is 25.1 Å². The van der Waals surface area contributed by atoms with E-state index in [1.165, 1.54) is 27.7 Å². The first-order valence-corrected chi connectivity index (χ1v) is 12.2. The maximum atomic E-state index is 12.5. The monoisotopic (exact) mass is 455 g/mol. The second-order valence-corrected chi connectivity index (χ2v) is 8.87. The maximum absolute atomic E-state index is 12.5. The van der Waals surface area contributed by atoms with E-state index in [0.717, 1.165) is 13.0 Å². The molecule has 2 heterocycles. The van der Waals surface area contributed by atoms with Crippen LogP contribution in [-0.2, 0) is 29.5 Å². The number of rotatable bonds is 8. The summed E-state index contributed by atoms with van der Waals surface area (Å²) in [7, 11) is 2.13. The highest BCUT2D eigenvalue weighted by molar-refractivity contribution is 5.88. The van der Waals surface area contributed by atoms with Crippen molar-refractivity contribution in [2.24, 2.45) is 7.05 Å². The van der Waals surface area contributed by atoms with E-state index in [9.17, 15) is 10.1 Å². The molecule has 3 aromatic rings. The Kier molecular flexibility index (Phi) is 7.49. The summed E-state index contributed by atoms with van der Waals surface area (Å²) in [6.45, 7) is 4.96. The lowest BCUT2D eigenvalue weighted by molar-refractivity contribution is -0.138. The van der Waals surface area contributed by atoms with Gasteiger partial charge >= 0.3 is 5.97 Å². The number of nitrogens with zero attached hydrogens (tertiary/aromatic N) is 3. The molecule has 1 aromatic heterocycles. The van der Waals surface area contributed by atoms with Crippen molar-refractivity contribution in [1.82, 2.24) is 9.47 Å². The van der Waals surface area contributed by atoms with Crippen LogP contribution in [0.1, 0.15) is 56.0 Å². The van der Waals surface area contributed by atoms with Crippen LogP contribution < -0.4 is 0 Å². The molecule has 176 valence electrons. The Morgan fingerprint density at radius 2 is 1.88 bits per heavy atom. The van der Waals surface area contributed by atoms with E-state index in [4.69, 9.17) is 4.74 Å². The third-order valence-electron chi connectivity index (χ3n) is 6.93. The van der Waals surface area contributed by atoms with Crippen molar-refractivity contribution in [2.45, 2.75) is 58.2 Å². The molecule has 0 fully saturated rings. The smallest absolute Gasteiger partial charge is 0.333 e. The van der Waals surface area contributed by atoms with Crippen LogP contribution in [0.2, 0.25) is 0 Å². The topological polar surface area (TPSA) is 58.3 Å². The Morgan fingerprint density at radius 1 is 1.15 bits per heavy atom. The number of nitriles is 1. The van der Waals surface area contributed by atoms with Gasteiger partial charge in [0.25, 0.3) is 0 Å². The molecule has 0 unspecified atom stereocenters. The van der Waals surface area contributed by atoms with Crippen LogP contribution in [0.4, 0.5) is 0 Å². The Morgan fingerprint density at radius 3 is 2.59 bits per heavy atom. The zero-order valence-electron chi connectivity index (χ0n) is 20.3. The van der Waals surface area contributed by atoms with Gasteiger partial charge in [0.2, 0.25) is 0 Å². The SMILES string of the molecule is CCOC(=O)/C(=C/C[C@H]1c2c(c3ccccc3n2C)C[C@@H](CC#N)N1Cc1ccccc1)CC. The number of carbonyl (C=O) groups excluding carboxylic acids is 1. The summed E-state index contributed by atoms with van der Waals surface area (Å²) in [5.74, 6) is -0.235. The molecule has 2 aromatic carbocycles. The van der Waals surface area contributed by atoms with Crippen LogP contribution in [0, 0.1) is 11.3 Å². The van der Waals surface area contributed by atoms with Crippen LogP contribution in [0.3, 0.4) is 0 Å². The van der Waals surface area contributed by atoms with Crippen molar-refractivity contribution in [3.05, 3.63) is 83.1 Å². The summed E-state index contributed by atoms with van der Waals surface area (Å²) in [6.07, 6.45) is 4.68. The third kappa shape index (κ3) is 4.64. The molecule has 0 radical (unpaired) electrons. The van der Waals surface area contributed by atoms with Crippen molar-refractivity contribution >= 4 is 16.9 Å².